The highest BCUT2D eigenvalue weighted by molar-refractivity contribution is 14.0. The van der Waals surface area contributed by atoms with Gasteiger partial charge in [-0.25, -0.2) is 0 Å². The predicted octanol–water partition coefficient (Wildman–Crippen LogP) is 2.77. The van der Waals surface area contributed by atoms with Gasteiger partial charge in [0.15, 0.2) is 17.5 Å². The normalized spacial score (nSPS) is 11.0. The van der Waals surface area contributed by atoms with E-state index in [4.69, 9.17) is 4.74 Å². The van der Waals surface area contributed by atoms with Crippen molar-refractivity contribution in [1.82, 2.24) is 20.4 Å². The van der Waals surface area contributed by atoms with Gasteiger partial charge in [-0.1, -0.05) is 12.1 Å². The fourth-order valence-electron chi connectivity index (χ4n) is 2.45. The van der Waals surface area contributed by atoms with E-state index < -0.39 is 11.5 Å². The number of nitrogens with one attached hydrogen (secondary N) is 2. The first kappa shape index (κ1) is 25.3. The molecule has 0 unspecified atom stereocenters. The van der Waals surface area contributed by atoms with Crippen LogP contribution in [0.3, 0.4) is 0 Å². The first-order valence-electron chi connectivity index (χ1n) is 8.75. The SMILES string of the molecule is CCOc1cccc(CNC(=NC)NCCn2cc([N+](=O)[O-])cn2)c1OC(F)F.I. The van der Waals surface area contributed by atoms with Gasteiger partial charge in [0.05, 0.1) is 18.1 Å². The van der Waals surface area contributed by atoms with Gasteiger partial charge in [-0.15, -0.1) is 24.0 Å². The number of benzene rings is 1. The van der Waals surface area contributed by atoms with Crippen LogP contribution >= 0.6 is 24.0 Å². The first-order valence-corrected chi connectivity index (χ1v) is 8.75. The number of nitrogens with zero attached hydrogens (tertiary/aromatic N) is 4. The molecule has 2 N–H and O–H groups in total. The number of hydrogen-bond acceptors (Lipinski definition) is 6. The van der Waals surface area contributed by atoms with Gasteiger partial charge >= 0.3 is 12.3 Å². The minimum Gasteiger partial charge on any atom is -0.490 e. The molecule has 1 aromatic carbocycles. The zero-order valence-corrected chi connectivity index (χ0v) is 18.7. The van der Waals surface area contributed by atoms with E-state index in [0.29, 0.717) is 31.2 Å². The zero-order chi connectivity index (χ0) is 21.2. The lowest BCUT2D eigenvalue weighted by Gasteiger charge is -2.17. The quantitative estimate of drug-likeness (QED) is 0.157. The highest BCUT2D eigenvalue weighted by Crippen LogP contribution is 2.32. The Bertz CT molecular complexity index is 849. The van der Waals surface area contributed by atoms with Crippen molar-refractivity contribution in [2.45, 2.75) is 26.6 Å². The summed E-state index contributed by atoms with van der Waals surface area (Å²) in [6.07, 6.45) is 2.49. The van der Waals surface area contributed by atoms with Gasteiger partial charge in [0.25, 0.3) is 0 Å². The summed E-state index contributed by atoms with van der Waals surface area (Å²) in [5.74, 6) is 0.614. The molecule has 166 valence electrons. The molecule has 30 heavy (non-hydrogen) atoms. The average molecular weight is 540 g/mol. The Labute approximate surface area is 188 Å². The van der Waals surface area contributed by atoms with Crippen molar-refractivity contribution < 1.29 is 23.2 Å². The van der Waals surface area contributed by atoms with E-state index in [1.165, 1.54) is 17.1 Å². The summed E-state index contributed by atoms with van der Waals surface area (Å²) in [6, 6.07) is 4.88. The average Bonchev–Trinajstić information content (AvgIpc) is 3.15. The van der Waals surface area contributed by atoms with Gasteiger partial charge in [0, 0.05) is 25.7 Å². The van der Waals surface area contributed by atoms with Crippen molar-refractivity contribution in [3.63, 3.8) is 0 Å². The molecular weight excluding hydrogens is 517 g/mol. The largest absolute Gasteiger partial charge is 0.490 e. The number of para-hydroxylation sites is 1. The minimum atomic E-state index is -2.98. The summed E-state index contributed by atoms with van der Waals surface area (Å²) in [7, 11) is 1.56. The van der Waals surface area contributed by atoms with Gasteiger partial charge in [0.1, 0.15) is 12.4 Å². The van der Waals surface area contributed by atoms with E-state index >= 15 is 0 Å². The molecule has 0 aliphatic carbocycles. The van der Waals surface area contributed by atoms with Crippen molar-refractivity contribution >= 4 is 35.6 Å². The van der Waals surface area contributed by atoms with Crippen LogP contribution in [0.2, 0.25) is 0 Å². The molecule has 0 aliphatic heterocycles. The van der Waals surface area contributed by atoms with Gasteiger partial charge in [-0.2, -0.15) is 13.9 Å². The maximum absolute atomic E-state index is 12.8. The van der Waals surface area contributed by atoms with Crippen LogP contribution in [0.15, 0.2) is 35.6 Å². The molecule has 1 aromatic heterocycles. The number of aliphatic imine (C=N–C) groups is 1. The van der Waals surface area contributed by atoms with Crippen LogP contribution in [0.1, 0.15) is 12.5 Å². The monoisotopic (exact) mass is 540 g/mol. The second-order valence-corrected chi connectivity index (χ2v) is 5.63. The Morgan fingerprint density at radius 3 is 2.77 bits per heavy atom. The van der Waals surface area contributed by atoms with Gasteiger partial charge in [0.2, 0.25) is 0 Å². The molecule has 0 saturated carbocycles. The number of halogens is 3. The summed E-state index contributed by atoms with van der Waals surface area (Å²) in [5.41, 5.74) is 0.384. The smallest absolute Gasteiger partial charge is 0.387 e. The molecule has 0 saturated heterocycles. The number of guanidine groups is 1. The summed E-state index contributed by atoms with van der Waals surface area (Å²) in [6.45, 7) is -0.00421. The standard InChI is InChI=1S/C17H22F2N6O4.HI/c1-3-28-14-6-4-5-12(15(14)29-16(18)19)9-22-17(20-2)21-7-8-24-11-13(10-23-24)25(26)27;/h4-6,10-11,16H,3,7-9H2,1-2H3,(H2,20,21,22);1H. The second kappa shape index (κ2) is 12.8. The van der Waals surface area contributed by atoms with Crippen molar-refractivity contribution in [3.05, 3.63) is 46.3 Å². The number of ether oxygens (including phenoxy) is 2. The van der Waals surface area contributed by atoms with Crippen molar-refractivity contribution in [2.75, 3.05) is 20.2 Å². The van der Waals surface area contributed by atoms with E-state index in [0.717, 1.165) is 0 Å². The molecule has 0 atom stereocenters. The number of hydrogen-bond donors (Lipinski definition) is 2. The minimum absolute atomic E-state index is 0. The van der Waals surface area contributed by atoms with Crippen LogP contribution in [0, 0.1) is 10.1 Å². The van der Waals surface area contributed by atoms with E-state index in [1.54, 1.807) is 32.2 Å². The Morgan fingerprint density at radius 2 is 2.17 bits per heavy atom. The predicted molar refractivity (Wildman–Crippen MR) is 117 cm³/mol. The molecule has 13 heteroatoms. The number of aromatic nitrogens is 2. The summed E-state index contributed by atoms with van der Waals surface area (Å²) < 4.78 is 37.0. The Hall–Kier alpha value is -2.71. The van der Waals surface area contributed by atoms with Crippen LogP contribution in [-0.4, -0.2) is 47.5 Å². The molecule has 10 nitrogen and oxygen atoms in total. The lowest BCUT2D eigenvalue weighted by atomic mass is 10.2. The molecular formula is C17H23F2IN6O4. The molecule has 0 fully saturated rings. The number of nitro groups is 1. The van der Waals surface area contributed by atoms with Crippen LogP contribution in [0.5, 0.6) is 11.5 Å². The van der Waals surface area contributed by atoms with Gasteiger partial charge in [-0.05, 0) is 13.0 Å². The lowest BCUT2D eigenvalue weighted by molar-refractivity contribution is -0.385. The van der Waals surface area contributed by atoms with E-state index in [9.17, 15) is 18.9 Å². The summed E-state index contributed by atoms with van der Waals surface area (Å²) >= 11 is 0. The van der Waals surface area contributed by atoms with Gasteiger partial charge in [-0.3, -0.25) is 19.8 Å². The number of rotatable bonds is 10. The summed E-state index contributed by atoms with van der Waals surface area (Å²) in [4.78, 5) is 14.2. The van der Waals surface area contributed by atoms with E-state index in [1.807, 2.05) is 0 Å². The zero-order valence-electron chi connectivity index (χ0n) is 16.4. The third-order valence-corrected chi connectivity index (χ3v) is 3.70. The van der Waals surface area contributed by atoms with Crippen LogP contribution < -0.4 is 20.1 Å². The molecule has 2 rings (SSSR count). The second-order valence-electron chi connectivity index (χ2n) is 5.63. The molecule has 0 bridgehead atoms. The maximum Gasteiger partial charge on any atom is 0.387 e. The topological polar surface area (TPSA) is 116 Å². The van der Waals surface area contributed by atoms with Crippen molar-refractivity contribution in [1.29, 1.82) is 0 Å². The fraction of sp³-hybridized carbons (Fsp3) is 0.412. The molecule has 0 amide bonds. The highest BCUT2D eigenvalue weighted by Gasteiger charge is 2.16. The van der Waals surface area contributed by atoms with Gasteiger partial charge < -0.3 is 20.1 Å². The molecule has 0 spiro atoms. The van der Waals surface area contributed by atoms with Crippen molar-refractivity contribution in [3.8, 4) is 11.5 Å². The molecule has 0 radical (unpaired) electrons. The Balaban J connectivity index is 0.00000450. The van der Waals surface area contributed by atoms with E-state index in [2.05, 4.69) is 25.5 Å². The molecule has 0 aliphatic rings. The van der Waals surface area contributed by atoms with Crippen LogP contribution in [0.4, 0.5) is 14.5 Å². The summed E-state index contributed by atoms with van der Waals surface area (Å²) in [5, 5.41) is 20.6. The lowest BCUT2D eigenvalue weighted by Crippen LogP contribution is -2.38. The Kier molecular flexibility index (Phi) is 10.8. The Morgan fingerprint density at radius 1 is 1.40 bits per heavy atom. The number of alkyl halides is 2. The molecule has 2 aromatic rings. The van der Waals surface area contributed by atoms with E-state index in [-0.39, 0.29) is 47.7 Å². The maximum atomic E-state index is 12.8. The third kappa shape index (κ3) is 7.61. The fourth-order valence-corrected chi connectivity index (χ4v) is 2.45. The first-order chi connectivity index (χ1) is 13.9. The van der Waals surface area contributed by atoms with Crippen molar-refractivity contribution in [2.24, 2.45) is 4.99 Å². The molecule has 1 heterocycles. The van der Waals surface area contributed by atoms with Crippen LogP contribution in [0.25, 0.3) is 0 Å². The third-order valence-electron chi connectivity index (χ3n) is 3.70. The highest BCUT2D eigenvalue weighted by atomic mass is 127. The van der Waals surface area contributed by atoms with Crippen LogP contribution in [-0.2, 0) is 13.1 Å².